The van der Waals surface area contributed by atoms with Crippen LogP contribution in [0.1, 0.15) is 22.8 Å². The summed E-state index contributed by atoms with van der Waals surface area (Å²) in [7, 11) is 3.59. The summed E-state index contributed by atoms with van der Waals surface area (Å²) < 4.78 is 0. The monoisotopic (exact) mass is 604 g/mol. The van der Waals surface area contributed by atoms with E-state index in [2.05, 4.69) is 12.1 Å². The lowest BCUT2D eigenvalue weighted by molar-refractivity contribution is 0.253. The smallest absolute Gasteiger partial charge is 0.297 e. The fraction of sp³-hybridized carbons (Fsp3) is 0.154. The number of pyridine rings is 4. The van der Waals surface area contributed by atoms with Crippen LogP contribution in [0.2, 0.25) is 0 Å². The zero-order valence-electron chi connectivity index (χ0n) is 27.0. The van der Waals surface area contributed by atoms with Gasteiger partial charge >= 0.3 is 6.03 Å². The van der Waals surface area contributed by atoms with Gasteiger partial charge in [0.15, 0.2) is 0 Å². The number of carbonyl (C=O) groups is 1. The largest absolute Gasteiger partial charge is 0.328 e. The Labute approximate surface area is 270 Å². The second kappa shape index (κ2) is 12.7. The van der Waals surface area contributed by atoms with Gasteiger partial charge in [-0.1, -0.05) is 24.3 Å². The van der Waals surface area contributed by atoms with Crippen molar-refractivity contribution in [2.24, 2.45) is 0 Å². The van der Waals surface area contributed by atoms with E-state index in [1.807, 2.05) is 125 Å². The molecule has 2 aromatic carbocycles. The summed E-state index contributed by atoms with van der Waals surface area (Å²) in [5, 5.41) is 0. The van der Waals surface area contributed by atoms with E-state index in [0.717, 1.165) is 79.2 Å². The molecule has 7 heteroatoms. The quantitative estimate of drug-likeness (QED) is 0.190. The first-order valence-electron chi connectivity index (χ1n) is 15.2. The predicted octanol–water partition coefficient (Wildman–Crippen LogP) is 8.86. The highest BCUT2D eigenvalue weighted by molar-refractivity contribution is 6.04. The van der Waals surface area contributed by atoms with Gasteiger partial charge in [0.05, 0.1) is 22.8 Å². The molecule has 0 fully saturated rings. The number of carbonyl (C=O) groups excluding carboxylic acids is 1. The van der Waals surface area contributed by atoms with Crippen LogP contribution in [-0.2, 0) is 0 Å². The summed E-state index contributed by atoms with van der Waals surface area (Å²) in [5.41, 5.74) is 12.1. The summed E-state index contributed by atoms with van der Waals surface area (Å²) in [4.78, 5) is 36.6. The number of benzene rings is 2. The summed E-state index contributed by atoms with van der Waals surface area (Å²) in [6, 6.07) is 35.8. The van der Waals surface area contributed by atoms with Crippen LogP contribution in [0, 0.1) is 27.7 Å². The van der Waals surface area contributed by atoms with Crippen molar-refractivity contribution >= 4 is 17.4 Å². The van der Waals surface area contributed by atoms with E-state index in [1.165, 1.54) is 0 Å². The molecular formula is C39H36N6O. The van der Waals surface area contributed by atoms with E-state index >= 15 is 0 Å². The maximum atomic E-state index is 14.2. The molecule has 0 aliphatic heterocycles. The normalized spacial score (nSPS) is 10.9. The standard InChI is InChI=1S/C39H36N6O/c1-25-11-7-15-35(40-25)29-19-30(36-16-8-12-26(2)41-36)22-33(21-29)44(5)39(46)45(6)34-23-31(37-17-9-13-27(3)42-37)20-32(24-34)38-18-10-14-28(4)43-38/h7-24H,1-6H3. The van der Waals surface area contributed by atoms with Crippen LogP contribution in [0.15, 0.2) is 109 Å². The first kappa shape index (κ1) is 30.3. The van der Waals surface area contributed by atoms with Gasteiger partial charge < -0.3 is 0 Å². The number of anilines is 2. The number of aryl methyl sites for hydroxylation is 4. The molecule has 46 heavy (non-hydrogen) atoms. The average molecular weight is 605 g/mol. The van der Waals surface area contributed by atoms with E-state index in [0.29, 0.717) is 0 Å². The number of hydrogen-bond acceptors (Lipinski definition) is 5. The molecule has 0 aliphatic carbocycles. The highest BCUT2D eigenvalue weighted by atomic mass is 16.2. The van der Waals surface area contributed by atoms with Crippen molar-refractivity contribution in [2.45, 2.75) is 27.7 Å². The molecule has 0 unspecified atom stereocenters. The second-order valence-electron chi connectivity index (χ2n) is 11.6. The van der Waals surface area contributed by atoms with Crippen LogP contribution >= 0.6 is 0 Å². The third-order valence-electron chi connectivity index (χ3n) is 7.92. The van der Waals surface area contributed by atoms with E-state index in [1.54, 1.807) is 23.9 Å². The second-order valence-corrected chi connectivity index (χ2v) is 11.6. The van der Waals surface area contributed by atoms with Gasteiger partial charge in [0.2, 0.25) is 0 Å². The zero-order chi connectivity index (χ0) is 32.4. The fourth-order valence-electron chi connectivity index (χ4n) is 5.46. The van der Waals surface area contributed by atoms with Crippen LogP contribution in [0.5, 0.6) is 0 Å². The van der Waals surface area contributed by atoms with Gasteiger partial charge in [-0.25, -0.2) is 4.79 Å². The summed E-state index contributed by atoms with van der Waals surface area (Å²) >= 11 is 0. The number of aromatic nitrogens is 4. The lowest BCUT2D eigenvalue weighted by Crippen LogP contribution is -2.39. The van der Waals surface area contributed by atoms with Crippen molar-refractivity contribution in [3.63, 3.8) is 0 Å². The van der Waals surface area contributed by atoms with Crippen LogP contribution in [0.4, 0.5) is 16.2 Å². The molecule has 6 rings (SSSR count). The van der Waals surface area contributed by atoms with Gasteiger partial charge in [-0.15, -0.1) is 0 Å². The third-order valence-corrected chi connectivity index (χ3v) is 7.92. The zero-order valence-corrected chi connectivity index (χ0v) is 27.0. The Balaban J connectivity index is 1.42. The predicted molar refractivity (Wildman–Crippen MR) is 187 cm³/mol. The van der Waals surface area contributed by atoms with E-state index in [4.69, 9.17) is 19.9 Å². The van der Waals surface area contributed by atoms with Crippen molar-refractivity contribution in [1.29, 1.82) is 0 Å². The molecular weight excluding hydrogens is 568 g/mol. The number of rotatable bonds is 6. The van der Waals surface area contributed by atoms with E-state index < -0.39 is 0 Å². The first-order chi connectivity index (χ1) is 22.1. The van der Waals surface area contributed by atoms with E-state index in [-0.39, 0.29) is 6.03 Å². The van der Waals surface area contributed by atoms with Gasteiger partial charge in [-0.3, -0.25) is 29.7 Å². The molecule has 0 atom stereocenters. The molecule has 228 valence electrons. The van der Waals surface area contributed by atoms with Gasteiger partial charge in [0.25, 0.3) is 0 Å². The minimum Gasteiger partial charge on any atom is -0.297 e. The Morgan fingerprint density at radius 3 is 0.935 bits per heavy atom. The van der Waals surface area contributed by atoms with Crippen LogP contribution < -0.4 is 9.80 Å². The van der Waals surface area contributed by atoms with Gasteiger partial charge in [0.1, 0.15) is 0 Å². The molecule has 0 saturated carbocycles. The van der Waals surface area contributed by atoms with Crippen LogP contribution in [-0.4, -0.2) is 40.1 Å². The maximum absolute atomic E-state index is 14.2. The molecule has 0 saturated heterocycles. The molecule has 0 radical (unpaired) electrons. The Morgan fingerprint density at radius 1 is 0.435 bits per heavy atom. The fourth-order valence-corrected chi connectivity index (χ4v) is 5.46. The molecule has 2 amide bonds. The van der Waals surface area contributed by atoms with E-state index in [9.17, 15) is 4.79 Å². The highest BCUT2D eigenvalue weighted by Crippen LogP contribution is 2.34. The third kappa shape index (κ3) is 6.54. The highest BCUT2D eigenvalue weighted by Gasteiger charge is 2.21. The number of urea groups is 1. The molecule has 7 nitrogen and oxygen atoms in total. The molecule has 0 aliphatic rings. The summed E-state index contributed by atoms with van der Waals surface area (Å²) in [6.07, 6.45) is 0. The maximum Gasteiger partial charge on any atom is 0.328 e. The molecule has 4 aromatic heterocycles. The average Bonchev–Trinajstić information content (AvgIpc) is 3.07. The number of amides is 2. The lowest BCUT2D eigenvalue weighted by Gasteiger charge is -2.27. The van der Waals surface area contributed by atoms with Gasteiger partial charge in [-0.05, 0) is 113 Å². The van der Waals surface area contributed by atoms with Gasteiger partial charge in [0, 0.05) is 70.5 Å². The molecule has 0 bridgehead atoms. The summed E-state index contributed by atoms with van der Waals surface area (Å²) in [5.74, 6) is 0. The van der Waals surface area contributed by atoms with Crippen molar-refractivity contribution in [2.75, 3.05) is 23.9 Å². The van der Waals surface area contributed by atoms with Gasteiger partial charge in [-0.2, -0.15) is 0 Å². The molecule has 0 spiro atoms. The topological polar surface area (TPSA) is 75.1 Å². The van der Waals surface area contributed by atoms with Crippen molar-refractivity contribution < 1.29 is 4.79 Å². The molecule has 0 N–H and O–H groups in total. The SMILES string of the molecule is Cc1cccc(-c2cc(-c3cccc(C)n3)cc(N(C)C(=O)N(C)c3cc(-c4cccc(C)n4)cc(-c4cccc(C)n4)c3)c2)n1. The van der Waals surface area contributed by atoms with Crippen LogP contribution in [0.3, 0.4) is 0 Å². The Hall–Kier alpha value is -5.69. The minimum absolute atomic E-state index is 0.199. The van der Waals surface area contributed by atoms with Crippen molar-refractivity contribution in [1.82, 2.24) is 19.9 Å². The number of nitrogens with zero attached hydrogens (tertiary/aromatic N) is 6. The van der Waals surface area contributed by atoms with Crippen molar-refractivity contribution in [3.05, 3.63) is 132 Å². The molecule has 4 heterocycles. The Kier molecular flexibility index (Phi) is 8.40. The summed E-state index contributed by atoms with van der Waals surface area (Å²) in [6.45, 7) is 7.90. The Bertz CT molecular complexity index is 1800. The minimum atomic E-state index is -0.199. The first-order valence-corrected chi connectivity index (χ1v) is 15.2. The number of hydrogen-bond donors (Lipinski definition) is 0. The van der Waals surface area contributed by atoms with Crippen LogP contribution in [0.25, 0.3) is 45.0 Å². The Morgan fingerprint density at radius 2 is 0.696 bits per heavy atom. The lowest BCUT2D eigenvalue weighted by atomic mass is 10.0. The molecule has 6 aromatic rings. The van der Waals surface area contributed by atoms with Crippen molar-refractivity contribution in [3.8, 4) is 45.0 Å².